The van der Waals surface area contributed by atoms with Crippen LogP contribution in [0.15, 0.2) is 28.4 Å². The minimum atomic E-state index is 0.976. The minimum Gasteiger partial charge on any atom is -0.296 e. The second kappa shape index (κ2) is 4.21. The monoisotopic (exact) mass is 164 g/mol. The third-order valence-electron chi connectivity index (χ3n) is 1.88. The van der Waals surface area contributed by atoms with Crippen molar-refractivity contribution in [1.82, 2.24) is 4.90 Å². The van der Waals surface area contributed by atoms with Crippen molar-refractivity contribution < 1.29 is 0 Å². The Bertz CT molecular complexity index is 212. The summed E-state index contributed by atoms with van der Waals surface area (Å²) in [5.74, 6) is 0. The lowest BCUT2D eigenvalue weighted by atomic mass is 10.2. The van der Waals surface area contributed by atoms with Gasteiger partial charge in [0.15, 0.2) is 0 Å². The Hall–Kier alpha value is -0.890. The fraction of sp³-hybridized carbons (Fsp3) is 0.500. The SMILES string of the molecule is C/C=C\C1=C(/N=C\C)CN(C)C1. The van der Waals surface area contributed by atoms with E-state index in [0.29, 0.717) is 0 Å². The van der Waals surface area contributed by atoms with Crippen LogP contribution < -0.4 is 0 Å². The zero-order chi connectivity index (χ0) is 8.97. The lowest BCUT2D eigenvalue weighted by molar-refractivity contribution is 0.425. The number of hydrogen-bond acceptors (Lipinski definition) is 2. The molecule has 2 heteroatoms. The largest absolute Gasteiger partial charge is 0.296 e. The molecule has 0 aliphatic carbocycles. The highest BCUT2D eigenvalue weighted by Crippen LogP contribution is 2.17. The molecule has 66 valence electrons. The van der Waals surface area contributed by atoms with E-state index in [1.165, 1.54) is 11.3 Å². The Kier molecular flexibility index (Phi) is 3.23. The van der Waals surface area contributed by atoms with Crippen molar-refractivity contribution >= 4 is 6.21 Å². The van der Waals surface area contributed by atoms with Crippen molar-refractivity contribution in [3.8, 4) is 0 Å². The van der Waals surface area contributed by atoms with Gasteiger partial charge in [-0.15, -0.1) is 0 Å². The van der Waals surface area contributed by atoms with E-state index in [0.717, 1.165) is 13.1 Å². The Morgan fingerprint density at radius 1 is 1.33 bits per heavy atom. The minimum absolute atomic E-state index is 0.976. The molecule has 0 saturated heterocycles. The van der Waals surface area contributed by atoms with Crippen molar-refractivity contribution in [3.05, 3.63) is 23.4 Å². The van der Waals surface area contributed by atoms with Gasteiger partial charge < -0.3 is 0 Å². The van der Waals surface area contributed by atoms with Crippen LogP contribution in [0.4, 0.5) is 0 Å². The van der Waals surface area contributed by atoms with E-state index in [2.05, 4.69) is 29.1 Å². The molecule has 0 aromatic rings. The van der Waals surface area contributed by atoms with Gasteiger partial charge in [0.25, 0.3) is 0 Å². The van der Waals surface area contributed by atoms with Crippen LogP contribution in [0, 0.1) is 0 Å². The molecule has 0 aromatic heterocycles. The number of likely N-dealkylation sites (N-methyl/N-ethyl adjacent to an activating group) is 1. The van der Waals surface area contributed by atoms with Gasteiger partial charge in [-0.2, -0.15) is 0 Å². The van der Waals surface area contributed by atoms with Gasteiger partial charge in [-0.1, -0.05) is 12.2 Å². The quantitative estimate of drug-likeness (QED) is 0.569. The summed E-state index contributed by atoms with van der Waals surface area (Å²) < 4.78 is 0. The smallest absolute Gasteiger partial charge is 0.0584 e. The maximum atomic E-state index is 4.34. The van der Waals surface area contributed by atoms with Crippen LogP contribution in [0.25, 0.3) is 0 Å². The van der Waals surface area contributed by atoms with Crippen LogP contribution in [-0.2, 0) is 0 Å². The molecule has 12 heavy (non-hydrogen) atoms. The summed E-state index contributed by atoms with van der Waals surface area (Å²) in [7, 11) is 2.11. The van der Waals surface area contributed by atoms with E-state index in [-0.39, 0.29) is 0 Å². The van der Waals surface area contributed by atoms with E-state index in [9.17, 15) is 0 Å². The summed E-state index contributed by atoms with van der Waals surface area (Å²) in [4.78, 5) is 6.60. The predicted octanol–water partition coefficient (Wildman–Crippen LogP) is 1.85. The second-order valence-corrected chi connectivity index (χ2v) is 3.03. The topological polar surface area (TPSA) is 15.6 Å². The number of allylic oxidation sites excluding steroid dienone is 1. The molecule has 0 amide bonds. The first-order chi connectivity index (χ1) is 5.77. The van der Waals surface area contributed by atoms with E-state index in [1.807, 2.05) is 20.1 Å². The summed E-state index contributed by atoms with van der Waals surface area (Å²) in [5.41, 5.74) is 2.55. The van der Waals surface area contributed by atoms with Crippen LogP contribution in [0.2, 0.25) is 0 Å². The van der Waals surface area contributed by atoms with Crippen molar-refractivity contribution in [1.29, 1.82) is 0 Å². The summed E-state index contributed by atoms with van der Waals surface area (Å²) in [6.45, 7) is 6.00. The summed E-state index contributed by atoms with van der Waals surface area (Å²) in [5, 5.41) is 0. The maximum absolute atomic E-state index is 4.34. The van der Waals surface area contributed by atoms with Gasteiger partial charge in [0.2, 0.25) is 0 Å². The van der Waals surface area contributed by atoms with Gasteiger partial charge in [-0.3, -0.25) is 9.89 Å². The zero-order valence-corrected chi connectivity index (χ0v) is 8.04. The van der Waals surface area contributed by atoms with Gasteiger partial charge in [0, 0.05) is 19.3 Å². The van der Waals surface area contributed by atoms with Crippen molar-refractivity contribution in [2.75, 3.05) is 20.1 Å². The van der Waals surface area contributed by atoms with Crippen LogP contribution in [0.3, 0.4) is 0 Å². The number of aliphatic imine (C=N–C) groups is 1. The van der Waals surface area contributed by atoms with E-state index in [1.54, 1.807) is 0 Å². The van der Waals surface area contributed by atoms with Crippen LogP contribution in [-0.4, -0.2) is 31.3 Å². The molecule has 0 aromatic carbocycles. The average Bonchev–Trinajstić information content (AvgIpc) is 2.33. The summed E-state index contributed by atoms with van der Waals surface area (Å²) >= 11 is 0. The molecule has 0 bridgehead atoms. The normalized spacial score (nSPS) is 20.6. The van der Waals surface area contributed by atoms with Gasteiger partial charge in [-0.05, 0) is 26.5 Å². The Morgan fingerprint density at radius 2 is 2.08 bits per heavy atom. The molecule has 0 spiro atoms. The fourth-order valence-corrected chi connectivity index (χ4v) is 1.42. The highest BCUT2D eigenvalue weighted by atomic mass is 15.1. The first-order valence-electron chi connectivity index (χ1n) is 4.30. The van der Waals surface area contributed by atoms with E-state index >= 15 is 0 Å². The number of rotatable bonds is 2. The molecule has 1 aliphatic rings. The lowest BCUT2D eigenvalue weighted by Gasteiger charge is -2.04. The highest BCUT2D eigenvalue weighted by Gasteiger charge is 2.15. The first-order valence-corrected chi connectivity index (χ1v) is 4.30. The molecular weight excluding hydrogens is 148 g/mol. The number of nitrogens with zero attached hydrogens (tertiary/aromatic N) is 2. The molecule has 1 aliphatic heterocycles. The van der Waals surface area contributed by atoms with Crippen molar-refractivity contribution in [2.45, 2.75) is 13.8 Å². The molecule has 0 atom stereocenters. The van der Waals surface area contributed by atoms with Crippen LogP contribution in [0.1, 0.15) is 13.8 Å². The molecular formula is C10H16N2. The molecule has 0 fully saturated rings. The molecule has 0 N–H and O–H groups in total. The van der Waals surface area contributed by atoms with E-state index in [4.69, 9.17) is 0 Å². The molecule has 2 nitrogen and oxygen atoms in total. The summed E-state index contributed by atoms with van der Waals surface area (Å²) in [6.07, 6.45) is 6.07. The van der Waals surface area contributed by atoms with Gasteiger partial charge in [-0.25, -0.2) is 0 Å². The van der Waals surface area contributed by atoms with Gasteiger partial charge in [0.05, 0.1) is 5.70 Å². The third-order valence-corrected chi connectivity index (χ3v) is 1.88. The Labute approximate surface area is 74.3 Å². The molecule has 0 radical (unpaired) electrons. The summed E-state index contributed by atoms with van der Waals surface area (Å²) in [6, 6.07) is 0. The lowest BCUT2D eigenvalue weighted by Crippen LogP contribution is -2.14. The fourth-order valence-electron chi connectivity index (χ4n) is 1.42. The first kappa shape index (κ1) is 9.20. The number of hydrogen-bond donors (Lipinski definition) is 0. The average molecular weight is 164 g/mol. The van der Waals surface area contributed by atoms with E-state index < -0.39 is 0 Å². The molecule has 1 heterocycles. The van der Waals surface area contributed by atoms with Crippen LogP contribution >= 0.6 is 0 Å². The van der Waals surface area contributed by atoms with Gasteiger partial charge >= 0.3 is 0 Å². The highest BCUT2D eigenvalue weighted by molar-refractivity contribution is 5.56. The van der Waals surface area contributed by atoms with Gasteiger partial charge in [0.1, 0.15) is 0 Å². The molecule has 1 rings (SSSR count). The van der Waals surface area contributed by atoms with Crippen LogP contribution in [0.5, 0.6) is 0 Å². The molecule has 0 saturated carbocycles. The Morgan fingerprint density at radius 3 is 2.67 bits per heavy atom. The third kappa shape index (κ3) is 2.05. The zero-order valence-electron chi connectivity index (χ0n) is 8.04. The second-order valence-electron chi connectivity index (χ2n) is 3.03. The Balaban J connectivity index is 2.80. The maximum Gasteiger partial charge on any atom is 0.0584 e. The molecule has 0 unspecified atom stereocenters. The van der Waals surface area contributed by atoms with Crippen molar-refractivity contribution in [2.24, 2.45) is 4.99 Å². The van der Waals surface area contributed by atoms with Crippen molar-refractivity contribution in [3.63, 3.8) is 0 Å². The standard InChI is InChI=1S/C10H16N2/c1-4-6-9-7-12(3)8-10(9)11-5-2/h4-6H,7-8H2,1-3H3/b6-4-,11-5-. The predicted molar refractivity (Wildman–Crippen MR) is 53.5 cm³/mol.